The molecule has 2 amide bonds. The van der Waals surface area contributed by atoms with Crippen LogP contribution in [0.5, 0.6) is 0 Å². The van der Waals surface area contributed by atoms with Crippen molar-refractivity contribution in [2.75, 3.05) is 13.1 Å². The second-order valence-electron chi connectivity index (χ2n) is 7.24. The van der Waals surface area contributed by atoms with E-state index in [0.29, 0.717) is 12.6 Å². The van der Waals surface area contributed by atoms with Crippen LogP contribution in [0.25, 0.3) is 0 Å². The maximum absolute atomic E-state index is 13.3. The van der Waals surface area contributed by atoms with Gasteiger partial charge in [-0.2, -0.15) is 0 Å². The standard InChI is InChI=1S/C20H24N2O3S/c1-14(17-6-3-11-25-17)22(16-8-9-16)19(23)15-5-2-10-21(13-15)20(24)18-7-4-12-26-18/h3-4,6-7,11-12,14-16H,2,5,8-10,13H2,1H3. The van der Waals surface area contributed by atoms with E-state index >= 15 is 0 Å². The van der Waals surface area contributed by atoms with Gasteiger partial charge in [0.2, 0.25) is 5.91 Å². The molecule has 1 saturated heterocycles. The van der Waals surface area contributed by atoms with Crippen molar-refractivity contribution in [1.29, 1.82) is 0 Å². The van der Waals surface area contributed by atoms with Gasteiger partial charge in [-0.25, -0.2) is 0 Å². The molecule has 2 aromatic heterocycles. The van der Waals surface area contributed by atoms with Gasteiger partial charge in [0, 0.05) is 19.1 Å². The molecule has 26 heavy (non-hydrogen) atoms. The first-order valence-electron chi connectivity index (χ1n) is 9.33. The molecule has 0 aromatic carbocycles. The van der Waals surface area contributed by atoms with Crippen LogP contribution in [0.15, 0.2) is 40.3 Å². The van der Waals surface area contributed by atoms with Crippen LogP contribution in [0.4, 0.5) is 0 Å². The Morgan fingerprint density at radius 2 is 2.12 bits per heavy atom. The third-order valence-electron chi connectivity index (χ3n) is 5.36. The largest absolute Gasteiger partial charge is 0.467 e. The van der Waals surface area contributed by atoms with Gasteiger partial charge in [0.05, 0.1) is 23.1 Å². The summed E-state index contributed by atoms with van der Waals surface area (Å²) in [7, 11) is 0. The lowest BCUT2D eigenvalue weighted by atomic mass is 9.95. The molecule has 1 saturated carbocycles. The summed E-state index contributed by atoms with van der Waals surface area (Å²) >= 11 is 1.46. The van der Waals surface area contributed by atoms with E-state index in [2.05, 4.69) is 0 Å². The van der Waals surface area contributed by atoms with Gasteiger partial charge in [-0.3, -0.25) is 9.59 Å². The number of piperidine rings is 1. The summed E-state index contributed by atoms with van der Waals surface area (Å²) in [6.07, 6.45) is 5.49. The Morgan fingerprint density at radius 3 is 2.77 bits per heavy atom. The highest BCUT2D eigenvalue weighted by molar-refractivity contribution is 7.12. The Bertz CT molecular complexity index is 752. The monoisotopic (exact) mass is 372 g/mol. The number of hydrogen-bond donors (Lipinski definition) is 0. The summed E-state index contributed by atoms with van der Waals surface area (Å²) in [5.74, 6) is 0.924. The molecule has 1 aliphatic carbocycles. The number of nitrogens with zero attached hydrogens (tertiary/aromatic N) is 2. The molecule has 2 aliphatic rings. The highest BCUT2D eigenvalue weighted by atomic mass is 32.1. The van der Waals surface area contributed by atoms with E-state index in [9.17, 15) is 9.59 Å². The van der Waals surface area contributed by atoms with Gasteiger partial charge in [0.15, 0.2) is 0 Å². The smallest absolute Gasteiger partial charge is 0.263 e. The predicted molar refractivity (Wildman–Crippen MR) is 99.9 cm³/mol. The minimum atomic E-state index is -0.120. The van der Waals surface area contributed by atoms with Crippen molar-refractivity contribution in [2.45, 2.75) is 44.7 Å². The van der Waals surface area contributed by atoms with E-state index in [-0.39, 0.29) is 23.8 Å². The molecule has 2 fully saturated rings. The third-order valence-corrected chi connectivity index (χ3v) is 6.21. The van der Waals surface area contributed by atoms with E-state index in [0.717, 1.165) is 42.9 Å². The Hall–Kier alpha value is -2.08. The number of hydrogen-bond acceptors (Lipinski definition) is 4. The molecule has 5 nitrogen and oxygen atoms in total. The number of carbonyl (C=O) groups is 2. The van der Waals surface area contributed by atoms with Crippen molar-refractivity contribution >= 4 is 23.2 Å². The van der Waals surface area contributed by atoms with E-state index in [1.165, 1.54) is 11.3 Å². The van der Waals surface area contributed by atoms with Crippen molar-refractivity contribution in [2.24, 2.45) is 5.92 Å². The lowest BCUT2D eigenvalue weighted by Crippen LogP contribution is -2.47. The van der Waals surface area contributed by atoms with Gasteiger partial charge in [-0.1, -0.05) is 6.07 Å². The number of furan rings is 1. The average molecular weight is 372 g/mol. The van der Waals surface area contributed by atoms with E-state index in [4.69, 9.17) is 4.42 Å². The highest BCUT2D eigenvalue weighted by Gasteiger charge is 2.41. The summed E-state index contributed by atoms with van der Waals surface area (Å²) in [5.41, 5.74) is 0. The third kappa shape index (κ3) is 3.43. The first-order valence-corrected chi connectivity index (χ1v) is 10.2. The van der Waals surface area contributed by atoms with Gasteiger partial charge >= 0.3 is 0 Å². The van der Waals surface area contributed by atoms with E-state index in [1.54, 1.807) is 6.26 Å². The molecule has 0 bridgehead atoms. The molecule has 0 N–H and O–H groups in total. The number of carbonyl (C=O) groups excluding carboxylic acids is 2. The molecular weight excluding hydrogens is 348 g/mol. The van der Waals surface area contributed by atoms with Crippen LogP contribution in [-0.4, -0.2) is 40.7 Å². The van der Waals surface area contributed by atoms with Crippen molar-refractivity contribution in [3.63, 3.8) is 0 Å². The zero-order valence-corrected chi connectivity index (χ0v) is 15.8. The van der Waals surface area contributed by atoms with Gasteiger partial charge in [0.25, 0.3) is 5.91 Å². The second kappa shape index (κ2) is 7.27. The maximum atomic E-state index is 13.3. The molecule has 4 rings (SSSR count). The van der Waals surface area contributed by atoms with Crippen LogP contribution in [-0.2, 0) is 4.79 Å². The Labute approximate surface area is 157 Å². The molecule has 0 spiro atoms. The quantitative estimate of drug-likeness (QED) is 0.799. The Morgan fingerprint density at radius 1 is 1.27 bits per heavy atom. The fraction of sp³-hybridized carbons (Fsp3) is 0.500. The van der Waals surface area contributed by atoms with Crippen LogP contribution in [0, 0.1) is 5.92 Å². The molecule has 3 heterocycles. The van der Waals surface area contributed by atoms with Crippen molar-refractivity contribution in [3.8, 4) is 0 Å². The van der Waals surface area contributed by atoms with Crippen LogP contribution < -0.4 is 0 Å². The van der Waals surface area contributed by atoms with Crippen molar-refractivity contribution < 1.29 is 14.0 Å². The van der Waals surface area contributed by atoms with Gasteiger partial charge in [0.1, 0.15) is 5.76 Å². The molecular formula is C20H24N2O3S. The highest BCUT2D eigenvalue weighted by Crippen LogP contribution is 2.37. The summed E-state index contributed by atoms with van der Waals surface area (Å²) in [4.78, 5) is 30.6. The fourth-order valence-electron chi connectivity index (χ4n) is 3.84. The maximum Gasteiger partial charge on any atom is 0.263 e. The predicted octanol–water partition coefficient (Wildman–Crippen LogP) is 3.95. The van der Waals surface area contributed by atoms with Crippen LogP contribution in [0.2, 0.25) is 0 Å². The molecule has 6 heteroatoms. The topological polar surface area (TPSA) is 53.8 Å². The first kappa shape index (κ1) is 17.3. The minimum Gasteiger partial charge on any atom is -0.467 e. The average Bonchev–Trinajstić information content (AvgIpc) is 3.15. The second-order valence-corrected chi connectivity index (χ2v) is 8.18. The van der Waals surface area contributed by atoms with Crippen molar-refractivity contribution in [3.05, 3.63) is 46.5 Å². The normalized spacial score (nSPS) is 21.4. The summed E-state index contributed by atoms with van der Waals surface area (Å²) < 4.78 is 5.54. The van der Waals surface area contributed by atoms with E-state index in [1.807, 2.05) is 46.4 Å². The first-order chi connectivity index (χ1) is 12.6. The SMILES string of the molecule is CC(c1ccco1)N(C(=O)C1CCCN(C(=O)c2cccs2)C1)C1CC1. The van der Waals surface area contributed by atoms with Crippen LogP contribution in [0.3, 0.4) is 0 Å². The Kier molecular flexibility index (Phi) is 4.85. The lowest BCUT2D eigenvalue weighted by Gasteiger charge is -2.37. The summed E-state index contributed by atoms with van der Waals surface area (Å²) in [6.45, 7) is 3.29. The molecule has 0 radical (unpaired) electrons. The van der Waals surface area contributed by atoms with E-state index < -0.39 is 0 Å². The molecule has 138 valence electrons. The van der Waals surface area contributed by atoms with Gasteiger partial charge < -0.3 is 14.2 Å². The zero-order chi connectivity index (χ0) is 18.1. The summed E-state index contributed by atoms with van der Waals surface area (Å²) in [5, 5.41) is 1.92. The molecule has 2 unspecified atom stereocenters. The lowest BCUT2D eigenvalue weighted by molar-refractivity contribution is -0.140. The molecule has 1 aliphatic heterocycles. The molecule has 2 aromatic rings. The summed E-state index contributed by atoms with van der Waals surface area (Å²) in [6, 6.07) is 7.79. The van der Waals surface area contributed by atoms with Gasteiger partial charge in [-0.05, 0) is 56.2 Å². The van der Waals surface area contributed by atoms with Gasteiger partial charge in [-0.15, -0.1) is 11.3 Å². The minimum absolute atomic E-state index is 0.0505. The van der Waals surface area contributed by atoms with Crippen LogP contribution in [0.1, 0.15) is 54.1 Å². The fourth-order valence-corrected chi connectivity index (χ4v) is 4.53. The Balaban J connectivity index is 1.48. The number of amides is 2. The van der Waals surface area contributed by atoms with Crippen molar-refractivity contribution in [1.82, 2.24) is 9.80 Å². The number of likely N-dealkylation sites (tertiary alicyclic amines) is 1. The molecule has 2 atom stereocenters. The number of thiophene rings is 1. The van der Waals surface area contributed by atoms with Crippen LogP contribution >= 0.6 is 11.3 Å². The zero-order valence-electron chi connectivity index (χ0n) is 15.0. The number of rotatable bonds is 5.